The Morgan fingerprint density at radius 1 is 0.667 bits per heavy atom. The average molecular weight is 451 g/mol. The van der Waals surface area contributed by atoms with Crippen LogP contribution in [0.25, 0.3) is 0 Å². The number of rotatable bonds is 17. The third kappa shape index (κ3) is 14.8. The standard InChI is InChI=1S/C14H34O4S4Si2/c1-15-13(16-2)9-11(23)5-7-19-21-22-20-8-6-12(24)10-14(17-3)18-4/h11-14H,5-10H2,1-4,23-24H3. The highest BCUT2D eigenvalue weighted by Crippen LogP contribution is 2.44. The minimum absolute atomic E-state index is 0.0311. The van der Waals surface area contributed by atoms with E-state index in [1.165, 1.54) is 44.8 Å². The lowest BCUT2D eigenvalue weighted by atomic mass is 10.2. The van der Waals surface area contributed by atoms with Crippen molar-refractivity contribution in [2.24, 2.45) is 0 Å². The third-order valence-corrected chi connectivity index (χ3v) is 12.4. The molecule has 2 unspecified atom stereocenters. The molecule has 10 heteroatoms. The normalized spacial score (nSPS) is 14.8. The lowest BCUT2D eigenvalue weighted by molar-refractivity contribution is -0.106. The van der Waals surface area contributed by atoms with E-state index in [1.54, 1.807) is 28.4 Å². The van der Waals surface area contributed by atoms with E-state index in [4.69, 9.17) is 18.9 Å². The van der Waals surface area contributed by atoms with Gasteiger partial charge in [-0.1, -0.05) is 21.6 Å². The highest BCUT2D eigenvalue weighted by Gasteiger charge is 2.12. The number of hydrogen-bond donors (Lipinski definition) is 0. The van der Waals surface area contributed by atoms with E-state index in [1.807, 2.05) is 41.2 Å². The third-order valence-electron chi connectivity index (χ3n) is 3.75. The van der Waals surface area contributed by atoms with Crippen LogP contribution in [0.15, 0.2) is 0 Å². The lowest BCUT2D eigenvalue weighted by Gasteiger charge is -2.18. The van der Waals surface area contributed by atoms with E-state index in [-0.39, 0.29) is 12.6 Å². The van der Waals surface area contributed by atoms with Gasteiger partial charge in [0.25, 0.3) is 0 Å². The SMILES string of the molecule is COC(CC([SiH3])CCSSSSCCC([SiH3])CC(OC)OC)OC. The molecule has 0 aromatic heterocycles. The van der Waals surface area contributed by atoms with Gasteiger partial charge in [-0.15, -0.1) is 0 Å². The van der Waals surface area contributed by atoms with Gasteiger partial charge in [-0.2, -0.15) is 0 Å². The minimum Gasteiger partial charge on any atom is -0.356 e. The van der Waals surface area contributed by atoms with Gasteiger partial charge in [0.1, 0.15) is 0 Å². The van der Waals surface area contributed by atoms with Crippen molar-refractivity contribution < 1.29 is 18.9 Å². The fourth-order valence-electron chi connectivity index (χ4n) is 2.08. The van der Waals surface area contributed by atoms with Crippen LogP contribution in [0.3, 0.4) is 0 Å². The molecular formula is C14H34O4S4Si2. The van der Waals surface area contributed by atoms with Gasteiger partial charge in [0.05, 0.1) is 0 Å². The predicted molar refractivity (Wildman–Crippen MR) is 122 cm³/mol. The summed E-state index contributed by atoms with van der Waals surface area (Å²) in [6.07, 6.45) is 4.51. The Morgan fingerprint density at radius 2 is 1.00 bits per heavy atom. The molecule has 0 saturated heterocycles. The van der Waals surface area contributed by atoms with E-state index >= 15 is 0 Å². The molecule has 24 heavy (non-hydrogen) atoms. The summed E-state index contributed by atoms with van der Waals surface area (Å²) in [7, 11) is 17.0. The molecule has 0 aliphatic carbocycles. The maximum Gasteiger partial charge on any atom is 0.156 e. The van der Waals surface area contributed by atoms with Crippen LogP contribution in [0, 0.1) is 0 Å². The number of hydrogen-bond acceptors (Lipinski definition) is 8. The smallest absolute Gasteiger partial charge is 0.156 e. The molecule has 0 spiro atoms. The Hall–Kier alpha value is 1.67. The maximum atomic E-state index is 5.27. The van der Waals surface area contributed by atoms with Crippen LogP contribution in [0.1, 0.15) is 25.7 Å². The molecule has 0 bridgehead atoms. The average Bonchev–Trinajstić information content (AvgIpc) is 2.59. The molecule has 0 aromatic rings. The zero-order valence-corrected chi connectivity index (χ0v) is 23.1. The summed E-state index contributed by atoms with van der Waals surface area (Å²) >= 11 is 0. The summed E-state index contributed by atoms with van der Waals surface area (Å²) in [4.78, 5) is 0. The topological polar surface area (TPSA) is 36.9 Å². The molecule has 0 aliphatic heterocycles. The molecule has 0 amide bonds. The van der Waals surface area contributed by atoms with Crippen molar-refractivity contribution >= 4 is 61.7 Å². The van der Waals surface area contributed by atoms with E-state index in [9.17, 15) is 0 Å². The van der Waals surface area contributed by atoms with Gasteiger partial charge >= 0.3 is 0 Å². The van der Waals surface area contributed by atoms with Gasteiger partial charge in [0.15, 0.2) is 12.6 Å². The molecule has 2 atom stereocenters. The van der Waals surface area contributed by atoms with Crippen LogP contribution in [-0.4, -0.2) is 73.0 Å². The first kappa shape index (κ1) is 25.7. The largest absolute Gasteiger partial charge is 0.356 e. The van der Waals surface area contributed by atoms with Crippen LogP contribution in [-0.2, 0) is 18.9 Å². The van der Waals surface area contributed by atoms with Crippen LogP contribution in [0.2, 0.25) is 11.1 Å². The molecule has 146 valence electrons. The Morgan fingerprint density at radius 3 is 1.29 bits per heavy atom. The Balaban J connectivity index is 3.44. The summed E-state index contributed by atoms with van der Waals surface area (Å²) in [6, 6.07) is 0. The highest BCUT2D eigenvalue weighted by molar-refractivity contribution is 9.26. The highest BCUT2D eigenvalue weighted by atomic mass is 33.7. The molecule has 0 heterocycles. The fraction of sp³-hybridized carbons (Fsp3) is 1.00. The Kier molecular flexibility index (Phi) is 19.3. The van der Waals surface area contributed by atoms with Crippen LogP contribution in [0.5, 0.6) is 0 Å². The molecule has 0 aliphatic rings. The number of ether oxygens (including phenoxy) is 4. The Labute approximate surface area is 169 Å². The second-order valence-electron chi connectivity index (χ2n) is 5.84. The van der Waals surface area contributed by atoms with Gasteiger partial charge in [0.2, 0.25) is 0 Å². The maximum absolute atomic E-state index is 5.27. The molecule has 0 N–H and O–H groups in total. The van der Waals surface area contributed by atoms with E-state index < -0.39 is 0 Å². The van der Waals surface area contributed by atoms with Crippen LogP contribution < -0.4 is 0 Å². The first-order valence-electron chi connectivity index (χ1n) is 8.26. The molecule has 0 radical (unpaired) electrons. The fourth-order valence-corrected chi connectivity index (χ4v) is 10.7. The first-order chi connectivity index (χ1) is 11.6. The van der Waals surface area contributed by atoms with Crippen molar-refractivity contribution in [1.29, 1.82) is 0 Å². The summed E-state index contributed by atoms with van der Waals surface area (Å²) < 4.78 is 21.1. The summed E-state index contributed by atoms with van der Waals surface area (Å²) in [5.74, 6) is 2.42. The van der Waals surface area contributed by atoms with E-state index in [0.29, 0.717) is 0 Å². The monoisotopic (exact) mass is 450 g/mol. The summed E-state index contributed by atoms with van der Waals surface area (Å²) in [5.41, 5.74) is 1.53. The Bertz CT molecular complexity index is 249. The molecule has 0 fully saturated rings. The van der Waals surface area contributed by atoms with Crippen molar-refractivity contribution in [2.45, 2.75) is 49.3 Å². The van der Waals surface area contributed by atoms with Gasteiger partial charge in [-0.3, -0.25) is 0 Å². The second kappa shape index (κ2) is 18.1. The molecule has 0 rings (SSSR count). The minimum atomic E-state index is -0.0311. The van der Waals surface area contributed by atoms with Crippen LogP contribution in [0.4, 0.5) is 0 Å². The van der Waals surface area contributed by atoms with Gasteiger partial charge in [-0.25, -0.2) is 0 Å². The van der Waals surface area contributed by atoms with Crippen molar-refractivity contribution in [3.63, 3.8) is 0 Å². The molecule has 0 aromatic carbocycles. The summed E-state index contributed by atoms with van der Waals surface area (Å²) in [6.45, 7) is 0. The zero-order valence-electron chi connectivity index (χ0n) is 15.8. The first-order valence-corrected chi connectivity index (χ1v) is 15.7. The molecule has 4 nitrogen and oxygen atoms in total. The summed E-state index contributed by atoms with van der Waals surface area (Å²) in [5, 5.41) is 0. The van der Waals surface area contributed by atoms with Crippen molar-refractivity contribution in [3.8, 4) is 0 Å². The second-order valence-corrected chi connectivity index (χ2v) is 15.3. The predicted octanol–water partition coefficient (Wildman–Crippen LogP) is 2.77. The van der Waals surface area contributed by atoms with Crippen molar-refractivity contribution in [1.82, 2.24) is 0 Å². The zero-order chi connectivity index (χ0) is 18.2. The van der Waals surface area contributed by atoms with Crippen LogP contribution >= 0.6 is 41.2 Å². The van der Waals surface area contributed by atoms with Gasteiger partial charge in [-0.05, 0) is 56.4 Å². The van der Waals surface area contributed by atoms with Crippen molar-refractivity contribution in [2.75, 3.05) is 39.9 Å². The quantitative estimate of drug-likeness (QED) is 0.145. The lowest BCUT2D eigenvalue weighted by Crippen LogP contribution is -2.16. The number of methoxy groups -OCH3 is 4. The molecular weight excluding hydrogens is 417 g/mol. The molecule has 0 saturated carbocycles. The van der Waals surface area contributed by atoms with Crippen molar-refractivity contribution in [3.05, 3.63) is 0 Å². The van der Waals surface area contributed by atoms with Gasteiger partial charge in [0, 0.05) is 60.4 Å². The van der Waals surface area contributed by atoms with E-state index in [2.05, 4.69) is 0 Å². The van der Waals surface area contributed by atoms with E-state index in [0.717, 1.165) is 23.9 Å². The van der Waals surface area contributed by atoms with Gasteiger partial charge < -0.3 is 18.9 Å².